The summed E-state index contributed by atoms with van der Waals surface area (Å²) in [7, 11) is -2.96. The summed E-state index contributed by atoms with van der Waals surface area (Å²) in [5.74, 6) is 0.352. The van der Waals surface area contributed by atoms with Gasteiger partial charge in [-0.15, -0.1) is 0 Å². The van der Waals surface area contributed by atoms with E-state index in [1.54, 1.807) is 4.90 Å². The van der Waals surface area contributed by atoms with Crippen LogP contribution in [0.5, 0.6) is 0 Å². The summed E-state index contributed by atoms with van der Waals surface area (Å²) in [5, 5.41) is 3.17. The molecule has 0 aromatic rings. The third kappa shape index (κ3) is 2.01. The Morgan fingerprint density at radius 1 is 1.47 bits per heavy atom. The second kappa shape index (κ2) is 3.75. The first-order valence-electron chi connectivity index (χ1n) is 5.27. The van der Waals surface area contributed by atoms with Gasteiger partial charge in [-0.1, -0.05) is 6.92 Å². The van der Waals surface area contributed by atoms with Crippen LogP contribution >= 0.6 is 0 Å². The molecule has 0 spiro atoms. The van der Waals surface area contributed by atoms with Gasteiger partial charge in [-0.05, 0) is 0 Å². The Morgan fingerprint density at radius 2 is 2.20 bits per heavy atom. The molecule has 2 unspecified atom stereocenters. The van der Waals surface area contributed by atoms with Crippen molar-refractivity contribution in [3.05, 3.63) is 0 Å². The highest BCUT2D eigenvalue weighted by atomic mass is 32.2. The lowest BCUT2D eigenvalue weighted by Gasteiger charge is -2.37. The molecule has 1 N–H and O–H groups in total. The van der Waals surface area contributed by atoms with E-state index in [2.05, 4.69) is 5.32 Å². The fraction of sp³-hybridized carbons (Fsp3) is 0.889. The smallest absolute Gasteiger partial charge is 0.222 e. The molecular formula is C9H16N2O3S. The van der Waals surface area contributed by atoms with Gasteiger partial charge in [0.25, 0.3) is 0 Å². The summed E-state index contributed by atoms with van der Waals surface area (Å²) in [4.78, 5) is 13.4. The Morgan fingerprint density at radius 3 is 2.87 bits per heavy atom. The zero-order valence-electron chi connectivity index (χ0n) is 8.77. The molecule has 0 saturated carbocycles. The zero-order valence-corrected chi connectivity index (χ0v) is 9.59. The monoisotopic (exact) mass is 232 g/mol. The van der Waals surface area contributed by atoms with Crippen LogP contribution < -0.4 is 5.32 Å². The molecule has 2 aliphatic rings. The number of piperazine rings is 1. The molecule has 1 amide bonds. The van der Waals surface area contributed by atoms with Crippen LogP contribution in [0, 0.1) is 0 Å². The van der Waals surface area contributed by atoms with E-state index in [9.17, 15) is 13.2 Å². The van der Waals surface area contributed by atoms with Crippen molar-refractivity contribution in [1.82, 2.24) is 10.2 Å². The molecule has 15 heavy (non-hydrogen) atoms. The number of hydrogen-bond donors (Lipinski definition) is 1. The number of sulfone groups is 1. The summed E-state index contributed by atoms with van der Waals surface area (Å²) in [6.07, 6.45) is 0.448. The van der Waals surface area contributed by atoms with Gasteiger partial charge in [0.05, 0.1) is 17.5 Å². The van der Waals surface area contributed by atoms with Gasteiger partial charge < -0.3 is 10.2 Å². The second-order valence-electron chi connectivity index (χ2n) is 4.15. The van der Waals surface area contributed by atoms with Gasteiger partial charge in [-0.3, -0.25) is 4.79 Å². The molecular weight excluding hydrogens is 216 g/mol. The molecule has 0 aliphatic carbocycles. The molecule has 0 aromatic carbocycles. The second-order valence-corrected chi connectivity index (χ2v) is 6.30. The van der Waals surface area contributed by atoms with Gasteiger partial charge in [0.2, 0.25) is 5.91 Å². The van der Waals surface area contributed by atoms with Crippen LogP contribution in [0.2, 0.25) is 0 Å². The third-order valence-corrected chi connectivity index (χ3v) is 4.82. The summed E-state index contributed by atoms with van der Waals surface area (Å²) in [5.41, 5.74) is 0. The number of nitrogens with zero attached hydrogens (tertiary/aromatic N) is 1. The summed E-state index contributed by atoms with van der Waals surface area (Å²) < 4.78 is 23.0. The number of carbonyl (C=O) groups excluding carboxylic acids is 1. The minimum Gasteiger partial charge on any atom is -0.336 e. The van der Waals surface area contributed by atoms with Crippen molar-refractivity contribution in [2.75, 3.05) is 24.6 Å². The zero-order chi connectivity index (χ0) is 11.1. The maximum atomic E-state index is 11.6. The quantitative estimate of drug-likeness (QED) is 0.629. The van der Waals surface area contributed by atoms with Gasteiger partial charge in [-0.2, -0.15) is 0 Å². The van der Waals surface area contributed by atoms with Crippen LogP contribution in [-0.4, -0.2) is 55.9 Å². The van der Waals surface area contributed by atoms with Gasteiger partial charge in [0.1, 0.15) is 0 Å². The Kier molecular flexibility index (Phi) is 2.72. The Balaban J connectivity index is 2.19. The lowest BCUT2D eigenvalue weighted by Crippen LogP contribution is -2.58. The van der Waals surface area contributed by atoms with Crippen LogP contribution in [0.3, 0.4) is 0 Å². The van der Waals surface area contributed by atoms with Crippen LogP contribution in [0.15, 0.2) is 0 Å². The summed E-state index contributed by atoms with van der Waals surface area (Å²) in [6.45, 7) is 3.13. The van der Waals surface area contributed by atoms with Crippen LogP contribution in [0.1, 0.15) is 13.3 Å². The van der Waals surface area contributed by atoms with E-state index in [1.165, 1.54) is 0 Å². The summed E-state index contributed by atoms with van der Waals surface area (Å²) in [6, 6.07) is -0.199. The topological polar surface area (TPSA) is 66.5 Å². The largest absolute Gasteiger partial charge is 0.336 e. The highest BCUT2D eigenvalue weighted by Crippen LogP contribution is 2.21. The van der Waals surface area contributed by atoms with E-state index >= 15 is 0 Å². The highest BCUT2D eigenvalue weighted by molar-refractivity contribution is 7.91. The predicted octanol–water partition coefficient (Wildman–Crippen LogP) is -1.01. The number of fused-ring (bicyclic) bond motifs is 1. The van der Waals surface area contributed by atoms with E-state index in [0.29, 0.717) is 19.5 Å². The molecule has 0 aromatic heterocycles. The van der Waals surface area contributed by atoms with Gasteiger partial charge in [-0.25, -0.2) is 8.42 Å². The molecule has 2 rings (SSSR count). The van der Waals surface area contributed by atoms with Crippen molar-refractivity contribution >= 4 is 15.7 Å². The lowest BCUT2D eigenvalue weighted by molar-refractivity contribution is -0.134. The first kappa shape index (κ1) is 10.9. The molecule has 0 radical (unpaired) electrons. The third-order valence-electron chi connectivity index (χ3n) is 3.11. The Hall–Kier alpha value is -0.620. The average Bonchev–Trinajstić information content (AvgIpc) is 2.49. The molecule has 2 heterocycles. The van der Waals surface area contributed by atoms with Gasteiger partial charge in [0, 0.05) is 25.6 Å². The molecule has 6 heteroatoms. The molecule has 86 valence electrons. The highest BCUT2D eigenvalue weighted by Gasteiger charge is 2.43. The van der Waals surface area contributed by atoms with Crippen molar-refractivity contribution in [3.8, 4) is 0 Å². The summed E-state index contributed by atoms with van der Waals surface area (Å²) >= 11 is 0. The minimum atomic E-state index is -2.96. The number of hydrogen-bond acceptors (Lipinski definition) is 4. The average molecular weight is 232 g/mol. The molecule has 2 atom stereocenters. The Bertz CT molecular complexity index is 366. The normalized spacial score (nSPS) is 33.8. The van der Waals surface area contributed by atoms with E-state index < -0.39 is 9.84 Å². The molecule has 2 fully saturated rings. The maximum absolute atomic E-state index is 11.6. The number of nitrogens with one attached hydrogen (secondary N) is 1. The van der Waals surface area contributed by atoms with E-state index in [1.807, 2.05) is 6.92 Å². The first-order valence-corrected chi connectivity index (χ1v) is 7.09. The standard InChI is InChI=1S/C9H16N2O3S/c1-2-9(12)11-4-3-10-7-5-15(13,14)6-8(7)11/h7-8,10H,2-6H2,1H3. The van der Waals surface area contributed by atoms with Crippen molar-refractivity contribution in [1.29, 1.82) is 0 Å². The van der Waals surface area contributed by atoms with Crippen LogP contribution in [-0.2, 0) is 14.6 Å². The van der Waals surface area contributed by atoms with E-state index in [-0.39, 0.29) is 29.5 Å². The van der Waals surface area contributed by atoms with Crippen molar-refractivity contribution in [3.63, 3.8) is 0 Å². The molecule has 2 saturated heterocycles. The fourth-order valence-corrected chi connectivity index (χ4v) is 4.34. The van der Waals surface area contributed by atoms with Crippen molar-refractivity contribution in [2.45, 2.75) is 25.4 Å². The SMILES string of the molecule is CCC(=O)N1CCNC2CS(=O)(=O)CC21. The molecule has 2 aliphatic heterocycles. The number of amides is 1. The van der Waals surface area contributed by atoms with Crippen molar-refractivity contribution < 1.29 is 13.2 Å². The maximum Gasteiger partial charge on any atom is 0.222 e. The van der Waals surface area contributed by atoms with Gasteiger partial charge >= 0.3 is 0 Å². The van der Waals surface area contributed by atoms with E-state index in [4.69, 9.17) is 0 Å². The number of rotatable bonds is 1. The lowest BCUT2D eigenvalue weighted by atomic mass is 10.1. The Labute approximate surface area is 89.7 Å². The van der Waals surface area contributed by atoms with E-state index in [0.717, 1.165) is 0 Å². The molecule has 0 bridgehead atoms. The van der Waals surface area contributed by atoms with Crippen molar-refractivity contribution in [2.24, 2.45) is 0 Å². The first-order chi connectivity index (χ1) is 7.03. The van der Waals surface area contributed by atoms with Crippen LogP contribution in [0.25, 0.3) is 0 Å². The molecule has 5 nitrogen and oxygen atoms in total. The van der Waals surface area contributed by atoms with Gasteiger partial charge in [0.15, 0.2) is 9.84 Å². The fourth-order valence-electron chi connectivity index (χ4n) is 2.38. The van der Waals surface area contributed by atoms with Crippen LogP contribution in [0.4, 0.5) is 0 Å². The minimum absolute atomic E-state index is 0.0563. The number of carbonyl (C=O) groups is 1. The predicted molar refractivity (Wildman–Crippen MR) is 56.2 cm³/mol.